The average Bonchev–Trinajstić information content (AvgIpc) is 2.46. The molecule has 0 unspecified atom stereocenters. The van der Waals surface area contributed by atoms with Crippen molar-refractivity contribution >= 4 is 17.8 Å². The summed E-state index contributed by atoms with van der Waals surface area (Å²) in [6, 6.07) is 5.41. The highest BCUT2D eigenvalue weighted by molar-refractivity contribution is 5.93. The molecule has 1 aromatic rings. The molecule has 1 aromatic heterocycles. The summed E-state index contributed by atoms with van der Waals surface area (Å²) in [6.45, 7) is 0.837. The third kappa shape index (κ3) is 3.01. The third-order valence-electron chi connectivity index (χ3n) is 3.44. The lowest BCUT2D eigenvalue weighted by Gasteiger charge is -2.31. The van der Waals surface area contributed by atoms with Crippen LogP contribution in [-0.4, -0.2) is 47.1 Å². The van der Waals surface area contributed by atoms with Crippen LogP contribution in [-0.2, 0) is 4.79 Å². The first-order valence-corrected chi connectivity index (χ1v) is 6.26. The minimum absolute atomic E-state index is 0.00346. The number of likely N-dealkylation sites (tertiary alicyclic amines) is 1. The van der Waals surface area contributed by atoms with E-state index in [1.807, 2.05) is 6.07 Å². The molecule has 0 aromatic carbocycles. The molecule has 0 bridgehead atoms. The fourth-order valence-electron chi connectivity index (χ4n) is 2.26. The number of anilines is 1. The van der Waals surface area contributed by atoms with E-state index in [0.29, 0.717) is 31.7 Å². The molecule has 19 heavy (non-hydrogen) atoms. The second kappa shape index (κ2) is 5.69. The maximum atomic E-state index is 12.3. The highest BCUT2D eigenvalue weighted by atomic mass is 16.4. The maximum absolute atomic E-state index is 12.3. The number of aromatic nitrogens is 1. The van der Waals surface area contributed by atoms with Crippen LogP contribution in [0, 0.1) is 5.92 Å². The van der Waals surface area contributed by atoms with Gasteiger partial charge in [-0.15, -0.1) is 0 Å². The highest BCUT2D eigenvalue weighted by Crippen LogP contribution is 2.21. The number of pyridine rings is 1. The molecular formula is C13H17N3O3. The lowest BCUT2D eigenvalue weighted by Crippen LogP contribution is -2.43. The van der Waals surface area contributed by atoms with E-state index in [-0.39, 0.29) is 11.8 Å². The SMILES string of the molecule is CN(C(=O)C1CCN(C(=O)O)CC1)c1ccccn1. The molecule has 1 aliphatic heterocycles. The van der Waals surface area contributed by atoms with Crippen molar-refractivity contribution in [1.82, 2.24) is 9.88 Å². The summed E-state index contributed by atoms with van der Waals surface area (Å²) in [5, 5.41) is 8.87. The predicted molar refractivity (Wildman–Crippen MR) is 70.0 cm³/mol. The van der Waals surface area contributed by atoms with Gasteiger partial charge in [0.05, 0.1) is 0 Å². The number of amides is 2. The minimum atomic E-state index is -0.913. The highest BCUT2D eigenvalue weighted by Gasteiger charge is 2.29. The first-order chi connectivity index (χ1) is 9.09. The molecule has 0 saturated carbocycles. The van der Waals surface area contributed by atoms with Crippen LogP contribution >= 0.6 is 0 Å². The predicted octanol–water partition coefficient (Wildman–Crippen LogP) is 1.43. The normalized spacial score (nSPS) is 16.2. The van der Waals surface area contributed by atoms with Gasteiger partial charge >= 0.3 is 6.09 Å². The van der Waals surface area contributed by atoms with Crippen molar-refractivity contribution in [1.29, 1.82) is 0 Å². The van der Waals surface area contributed by atoms with E-state index in [0.717, 1.165) is 0 Å². The molecule has 0 spiro atoms. The summed E-state index contributed by atoms with van der Waals surface area (Å²) in [4.78, 5) is 30.1. The average molecular weight is 263 g/mol. The number of hydrogen-bond acceptors (Lipinski definition) is 3. The number of carboxylic acid groups (broad SMARTS) is 1. The summed E-state index contributed by atoms with van der Waals surface area (Å²) in [7, 11) is 1.70. The number of hydrogen-bond donors (Lipinski definition) is 1. The van der Waals surface area contributed by atoms with E-state index in [9.17, 15) is 9.59 Å². The van der Waals surface area contributed by atoms with Crippen molar-refractivity contribution < 1.29 is 14.7 Å². The number of carbonyl (C=O) groups excluding carboxylic acids is 1. The second-order valence-corrected chi connectivity index (χ2v) is 4.63. The van der Waals surface area contributed by atoms with Gasteiger partial charge in [0.2, 0.25) is 5.91 Å². The summed E-state index contributed by atoms with van der Waals surface area (Å²) in [5.41, 5.74) is 0. The summed E-state index contributed by atoms with van der Waals surface area (Å²) >= 11 is 0. The first kappa shape index (κ1) is 13.3. The zero-order chi connectivity index (χ0) is 13.8. The van der Waals surface area contributed by atoms with Crippen molar-refractivity contribution in [3.8, 4) is 0 Å². The maximum Gasteiger partial charge on any atom is 0.407 e. The Hall–Kier alpha value is -2.11. The van der Waals surface area contributed by atoms with Crippen LogP contribution in [0.2, 0.25) is 0 Å². The van der Waals surface area contributed by atoms with E-state index in [2.05, 4.69) is 4.98 Å². The smallest absolute Gasteiger partial charge is 0.407 e. The zero-order valence-corrected chi connectivity index (χ0v) is 10.8. The third-order valence-corrected chi connectivity index (χ3v) is 3.44. The van der Waals surface area contributed by atoms with Gasteiger partial charge < -0.3 is 10.0 Å². The molecule has 1 aliphatic rings. The lowest BCUT2D eigenvalue weighted by atomic mass is 9.95. The number of carbonyl (C=O) groups is 2. The Morgan fingerprint density at radius 3 is 2.58 bits per heavy atom. The van der Waals surface area contributed by atoms with E-state index in [1.165, 1.54) is 4.90 Å². The van der Waals surface area contributed by atoms with Crippen molar-refractivity contribution in [2.45, 2.75) is 12.8 Å². The molecule has 2 amide bonds. The van der Waals surface area contributed by atoms with Gasteiger partial charge in [-0.25, -0.2) is 9.78 Å². The Bertz CT molecular complexity index is 455. The van der Waals surface area contributed by atoms with Crippen LogP contribution < -0.4 is 4.90 Å². The second-order valence-electron chi connectivity index (χ2n) is 4.63. The monoisotopic (exact) mass is 263 g/mol. The molecule has 2 rings (SSSR count). The van der Waals surface area contributed by atoms with Crippen molar-refractivity contribution in [3.63, 3.8) is 0 Å². The van der Waals surface area contributed by atoms with E-state index in [4.69, 9.17) is 5.11 Å². The van der Waals surface area contributed by atoms with Gasteiger partial charge in [0.1, 0.15) is 5.82 Å². The van der Waals surface area contributed by atoms with Gasteiger partial charge in [0.25, 0.3) is 0 Å². The Balaban J connectivity index is 1.96. The molecule has 6 heteroatoms. The summed E-state index contributed by atoms with van der Waals surface area (Å²) < 4.78 is 0. The van der Waals surface area contributed by atoms with Crippen LogP contribution in [0.25, 0.3) is 0 Å². The topological polar surface area (TPSA) is 73.7 Å². The van der Waals surface area contributed by atoms with Crippen molar-refractivity contribution in [2.75, 3.05) is 25.0 Å². The lowest BCUT2D eigenvalue weighted by molar-refractivity contribution is -0.123. The van der Waals surface area contributed by atoms with Gasteiger partial charge in [-0.3, -0.25) is 9.69 Å². The number of rotatable bonds is 2. The van der Waals surface area contributed by atoms with Gasteiger partial charge in [-0.1, -0.05) is 6.07 Å². The van der Waals surface area contributed by atoms with Crippen LogP contribution in [0.3, 0.4) is 0 Å². The largest absolute Gasteiger partial charge is 0.465 e. The molecule has 2 heterocycles. The quantitative estimate of drug-likeness (QED) is 0.876. The zero-order valence-electron chi connectivity index (χ0n) is 10.8. The molecular weight excluding hydrogens is 246 g/mol. The minimum Gasteiger partial charge on any atom is -0.465 e. The molecule has 0 atom stereocenters. The Kier molecular flexibility index (Phi) is 3.99. The van der Waals surface area contributed by atoms with Gasteiger partial charge in [0, 0.05) is 32.3 Å². The van der Waals surface area contributed by atoms with Crippen LogP contribution in [0.4, 0.5) is 10.6 Å². The van der Waals surface area contributed by atoms with Crippen LogP contribution in [0.5, 0.6) is 0 Å². The van der Waals surface area contributed by atoms with Crippen molar-refractivity contribution in [2.24, 2.45) is 5.92 Å². The Labute approximate surface area is 111 Å². The molecule has 1 saturated heterocycles. The van der Waals surface area contributed by atoms with Crippen molar-refractivity contribution in [3.05, 3.63) is 24.4 Å². The summed E-state index contributed by atoms with van der Waals surface area (Å²) in [6.07, 6.45) is 1.88. The van der Waals surface area contributed by atoms with E-state index >= 15 is 0 Å². The Morgan fingerprint density at radius 1 is 1.37 bits per heavy atom. The fraction of sp³-hybridized carbons (Fsp3) is 0.462. The molecule has 6 nitrogen and oxygen atoms in total. The Morgan fingerprint density at radius 2 is 2.05 bits per heavy atom. The van der Waals surface area contributed by atoms with E-state index in [1.54, 1.807) is 30.3 Å². The first-order valence-electron chi connectivity index (χ1n) is 6.26. The molecule has 0 aliphatic carbocycles. The summed E-state index contributed by atoms with van der Waals surface area (Å²) in [5.74, 6) is 0.500. The van der Waals surface area contributed by atoms with Gasteiger partial charge in [-0.05, 0) is 25.0 Å². The van der Waals surface area contributed by atoms with Gasteiger partial charge in [0.15, 0.2) is 0 Å². The molecule has 102 valence electrons. The van der Waals surface area contributed by atoms with Gasteiger partial charge in [-0.2, -0.15) is 0 Å². The molecule has 1 N–H and O–H groups in total. The standard InChI is InChI=1S/C13H17N3O3/c1-15(11-4-2-3-7-14-11)12(17)10-5-8-16(9-6-10)13(18)19/h2-4,7,10H,5-6,8-9H2,1H3,(H,18,19). The van der Waals surface area contributed by atoms with E-state index < -0.39 is 6.09 Å². The number of piperidine rings is 1. The molecule has 1 fully saturated rings. The fourth-order valence-corrected chi connectivity index (χ4v) is 2.26. The van der Waals surface area contributed by atoms with Crippen LogP contribution in [0.1, 0.15) is 12.8 Å². The molecule has 0 radical (unpaired) electrons. The van der Waals surface area contributed by atoms with Crippen LogP contribution in [0.15, 0.2) is 24.4 Å². The number of nitrogens with zero attached hydrogens (tertiary/aromatic N) is 3.